The molecule has 0 aliphatic carbocycles. The number of phosphoric acid groups is 3. The third-order valence-electron chi connectivity index (χ3n) is 4.39. The number of nitrogens with two attached hydrogens (primary N) is 1. The summed E-state index contributed by atoms with van der Waals surface area (Å²) >= 11 is 0. The number of ether oxygens (including phenoxy) is 2. The molecule has 0 aromatic carbocycles. The first-order chi connectivity index (χ1) is 16.5. The minimum Gasteiger partial charge on any atom is -0.476 e. The van der Waals surface area contributed by atoms with Gasteiger partial charge in [-0.2, -0.15) is 18.6 Å². The molecule has 0 spiro atoms. The Bertz CT molecular complexity index is 1240. The smallest absolute Gasteiger partial charge is 0.476 e. The Hall–Kier alpha value is -1.56. The zero-order valence-electron chi connectivity index (χ0n) is 18.5. The average Bonchev–Trinajstić information content (AvgIpc) is 3.23. The van der Waals surface area contributed by atoms with E-state index in [4.69, 9.17) is 25.0 Å². The van der Waals surface area contributed by atoms with E-state index in [1.807, 2.05) is 13.8 Å². The minimum atomic E-state index is -5.73. The second-order valence-corrected chi connectivity index (χ2v) is 12.3. The van der Waals surface area contributed by atoms with Crippen LogP contribution in [-0.2, 0) is 31.6 Å². The van der Waals surface area contributed by atoms with Gasteiger partial charge in [0.2, 0.25) is 11.8 Å². The highest BCUT2D eigenvalue weighted by molar-refractivity contribution is 7.66. The van der Waals surface area contributed by atoms with Crippen molar-refractivity contribution in [1.82, 2.24) is 19.5 Å². The first-order valence-electron chi connectivity index (χ1n) is 9.91. The van der Waals surface area contributed by atoms with Gasteiger partial charge < -0.3 is 45.0 Å². The molecular formula is C14H24N5O14P3. The highest BCUT2D eigenvalue weighted by Crippen LogP contribution is 2.66. The number of phosphoric ester groups is 1. The molecule has 19 nitrogen and oxygen atoms in total. The van der Waals surface area contributed by atoms with Gasteiger partial charge in [0, 0.05) is 0 Å². The number of aliphatic hydroxyl groups is 2. The van der Waals surface area contributed by atoms with E-state index in [-0.39, 0.29) is 28.9 Å². The number of hydrogen-bond donors (Lipinski definition) is 7. The Morgan fingerprint density at radius 2 is 1.75 bits per heavy atom. The zero-order valence-corrected chi connectivity index (χ0v) is 21.2. The maximum Gasteiger partial charge on any atom is 0.490 e. The van der Waals surface area contributed by atoms with E-state index in [2.05, 4.69) is 28.1 Å². The molecule has 2 unspecified atom stereocenters. The number of fused-ring (bicyclic) bond motifs is 1. The van der Waals surface area contributed by atoms with Crippen LogP contribution >= 0.6 is 23.5 Å². The standard InChI is InChI=1S/C14H24N5O14P3/c1-6(2)3-29-12-8-11(17-14(15)18-12)19(5-16-8)13-10(21)9(20)7(31-13)4-30-35(25,26)33-36(27,28)32-34(22,23)24/h5-7,9-10,13,20-21H,3-4H2,1-2H3,(H,25,26)(H,27,28)(H2,15,17,18)(H2,22,23,24)/t7-,9-,10-,13-/m1/s1. The first kappa shape index (κ1) is 29.0. The number of anilines is 1. The first-order valence-corrected chi connectivity index (χ1v) is 14.4. The van der Waals surface area contributed by atoms with E-state index in [1.54, 1.807) is 0 Å². The zero-order chi connectivity index (χ0) is 27.1. The van der Waals surface area contributed by atoms with Gasteiger partial charge in [-0.25, -0.2) is 18.7 Å². The Labute approximate surface area is 202 Å². The fraction of sp³-hybridized carbons (Fsp3) is 0.643. The Morgan fingerprint density at radius 1 is 1.08 bits per heavy atom. The van der Waals surface area contributed by atoms with Crippen molar-refractivity contribution >= 4 is 40.6 Å². The predicted octanol–water partition coefficient (Wildman–Crippen LogP) is -0.594. The van der Waals surface area contributed by atoms with Crippen LogP contribution in [0.1, 0.15) is 20.1 Å². The number of imidazole rings is 1. The van der Waals surface area contributed by atoms with Gasteiger partial charge in [0.05, 0.1) is 19.5 Å². The van der Waals surface area contributed by atoms with Gasteiger partial charge in [-0.05, 0) is 5.92 Å². The second kappa shape index (κ2) is 10.7. The van der Waals surface area contributed by atoms with Crippen LogP contribution in [0, 0.1) is 5.92 Å². The van der Waals surface area contributed by atoms with E-state index < -0.39 is 54.6 Å². The summed E-state index contributed by atoms with van der Waals surface area (Å²) in [4.78, 5) is 48.1. The lowest BCUT2D eigenvalue weighted by Crippen LogP contribution is -2.33. The van der Waals surface area contributed by atoms with E-state index in [9.17, 15) is 33.7 Å². The summed E-state index contributed by atoms with van der Waals surface area (Å²) in [7, 11) is -16.8. The fourth-order valence-corrected chi connectivity index (χ4v) is 6.04. The second-order valence-electron chi connectivity index (χ2n) is 7.85. The van der Waals surface area contributed by atoms with Crippen LogP contribution < -0.4 is 10.5 Å². The molecule has 8 N–H and O–H groups in total. The molecule has 0 saturated carbocycles. The van der Waals surface area contributed by atoms with Gasteiger partial charge in [0.15, 0.2) is 17.4 Å². The summed E-state index contributed by atoms with van der Waals surface area (Å²) in [5.74, 6) is 0.0474. The molecule has 1 saturated heterocycles. The minimum absolute atomic E-state index is 0.0715. The molecule has 3 rings (SSSR count). The Balaban J connectivity index is 1.74. The monoisotopic (exact) mass is 579 g/mol. The van der Waals surface area contributed by atoms with Gasteiger partial charge in [-0.15, -0.1) is 0 Å². The molecule has 1 fully saturated rings. The number of aromatic nitrogens is 4. The number of aliphatic hydroxyl groups excluding tert-OH is 2. The lowest BCUT2D eigenvalue weighted by molar-refractivity contribution is -0.0503. The molecule has 2 aromatic heterocycles. The van der Waals surface area contributed by atoms with Gasteiger partial charge in [-0.3, -0.25) is 9.09 Å². The summed E-state index contributed by atoms with van der Waals surface area (Å²) in [6, 6.07) is 0. The summed E-state index contributed by atoms with van der Waals surface area (Å²) in [5, 5.41) is 20.8. The molecule has 2 aromatic rings. The SMILES string of the molecule is CC(C)COc1nc(N)nc2c1ncn2[C@@H]1O[C@H](COP(=O)(O)OP(=O)(O)OP(=O)(O)O)[C@@H](O)[C@H]1O. The molecule has 1 aliphatic rings. The van der Waals surface area contributed by atoms with Crippen LogP contribution in [0.5, 0.6) is 5.88 Å². The Kier molecular flexibility index (Phi) is 8.59. The number of nitrogens with zero attached hydrogens (tertiary/aromatic N) is 4. The summed E-state index contributed by atoms with van der Waals surface area (Å²) in [6.45, 7) is 3.13. The van der Waals surface area contributed by atoms with Crippen molar-refractivity contribution in [3.05, 3.63) is 6.33 Å². The summed E-state index contributed by atoms with van der Waals surface area (Å²) < 4.78 is 58.0. The van der Waals surface area contributed by atoms with Crippen LogP contribution in [0.2, 0.25) is 0 Å². The van der Waals surface area contributed by atoms with Gasteiger partial charge in [0.1, 0.15) is 18.3 Å². The number of hydrogen-bond acceptors (Lipinski definition) is 14. The molecular weight excluding hydrogens is 555 g/mol. The van der Waals surface area contributed by atoms with Crippen LogP contribution in [0.25, 0.3) is 11.2 Å². The normalized spacial score (nSPS) is 26.2. The third kappa shape index (κ3) is 7.26. The topological polar surface area (TPSA) is 288 Å². The molecule has 0 bridgehead atoms. The predicted molar refractivity (Wildman–Crippen MR) is 116 cm³/mol. The van der Waals surface area contributed by atoms with Crippen LogP contribution in [0.3, 0.4) is 0 Å². The molecule has 6 atom stereocenters. The highest BCUT2D eigenvalue weighted by Gasteiger charge is 2.47. The van der Waals surface area contributed by atoms with Crippen LogP contribution in [0.4, 0.5) is 5.95 Å². The largest absolute Gasteiger partial charge is 0.490 e. The van der Waals surface area contributed by atoms with E-state index in [0.717, 1.165) is 0 Å². The van der Waals surface area contributed by atoms with E-state index in [1.165, 1.54) is 10.9 Å². The van der Waals surface area contributed by atoms with Crippen molar-refractivity contribution in [1.29, 1.82) is 0 Å². The number of nitrogen functional groups attached to an aromatic ring is 1. The maximum absolute atomic E-state index is 11.9. The van der Waals surface area contributed by atoms with Crippen molar-refractivity contribution in [3.8, 4) is 5.88 Å². The van der Waals surface area contributed by atoms with Gasteiger partial charge in [0.25, 0.3) is 0 Å². The average molecular weight is 579 g/mol. The van der Waals surface area contributed by atoms with Crippen molar-refractivity contribution in [2.45, 2.75) is 38.4 Å². The number of rotatable bonds is 11. The highest BCUT2D eigenvalue weighted by atomic mass is 31.3. The van der Waals surface area contributed by atoms with Gasteiger partial charge in [-0.1, -0.05) is 13.8 Å². The van der Waals surface area contributed by atoms with Crippen LogP contribution in [-0.4, -0.2) is 80.8 Å². The van der Waals surface area contributed by atoms with Crippen molar-refractivity contribution in [2.75, 3.05) is 18.9 Å². The third-order valence-corrected chi connectivity index (χ3v) is 8.19. The van der Waals surface area contributed by atoms with E-state index >= 15 is 0 Å². The van der Waals surface area contributed by atoms with Crippen molar-refractivity contribution in [2.24, 2.45) is 5.92 Å². The molecule has 22 heteroatoms. The maximum atomic E-state index is 11.9. The lowest BCUT2D eigenvalue weighted by atomic mass is 10.1. The lowest BCUT2D eigenvalue weighted by Gasteiger charge is -2.19. The van der Waals surface area contributed by atoms with Crippen molar-refractivity contribution < 1.29 is 66.1 Å². The molecule has 3 heterocycles. The van der Waals surface area contributed by atoms with Crippen LogP contribution in [0.15, 0.2) is 6.33 Å². The van der Waals surface area contributed by atoms with Crippen molar-refractivity contribution in [3.63, 3.8) is 0 Å². The molecule has 36 heavy (non-hydrogen) atoms. The fourth-order valence-electron chi connectivity index (χ4n) is 3.01. The molecule has 0 radical (unpaired) electrons. The summed E-state index contributed by atoms with van der Waals surface area (Å²) in [6.07, 6.45) is -5.01. The Morgan fingerprint density at radius 3 is 2.36 bits per heavy atom. The molecule has 0 amide bonds. The molecule has 204 valence electrons. The quantitative estimate of drug-likeness (QED) is 0.164. The molecule has 1 aliphatic heterocycles. The van der Waals surface area contributed by atoms with Gasteiger partial charge >= 0.3 is 23.5 Å². The summed E-state index contributed by atoms with van der Waals surface area (Å²) in [5.41, 5.74) is 5.99. The van der Waals surface area contributed by atoms with E-state index in [0.29, 0.717) is 6.61 Å².